The van der Waals surface area contributed by atoms with E-state index in [9.17, 15) is 18.3 Å². The van der Waals surface area contributed by atoms with Crippen molar-refractivity contribution in [1.29, 1.82) is 0 Å². The van der Waals surface area contributed by atoms with Crippen molar-refractivity contribution in [3.8, 4) is 0 Å². The second-order valence-electron chi connectivity index (χ2n) is 2.44. The normalized spacial score (nSPS) is 10.6. The molecule has 0 aliphatic rings. The van der Waals surface area contributed by atoms with Gasteiger partial charge in [0.25, 0.3) is 0 Å². The van der Waals surface area contributed by atoms with Crippen molar-refractivity contribution in [2.75, 3.05) is 6.26 Å². The predicted molar refractivity (Wildman–Crippen MR) is 39.2 cm³/mol. The van der Waals surface area contributed by atoms with Crippen LogP contribution in [0.5, 0.6) is 0 Å². The third-order valence-electron chi connectivity index (χ3n) is 1.10. The molecule has 0 bridgehead atoms. The Bertz CT molecular complexity index is 426. The molecule has 14 heavy (non-hydrogen) atoms. The molecule has 7 nitrogen and oxygen atoms in total. The van der Waals surface area contributed by atoms with Crippen LogP contribution in [0.3, 0.4) is 0 Å². The van der Waals surface area contributed by atoms with E-state index in [1.54, 1.807) is 0 Å². The van der Waals surface area contributed by atoms with Gasteiger partial charge in [0, 0.05) is 6.26 Å². The summed E-state index contributed by atoms with van der Waals surface area (Å²) < 4.78 is 21.4. The Hall–Kier alpha value is -0.843. The Balaban J connectivity index is 0.00000169. The van der Waals surface area contributed by atoms with Crippen LogP contribution < -0.4 is 24.0 Å². The van der Waals surface area contributed by atoms with Gasteiger partial charge in [-0.3, -0.25) is 0 Å². The summed E-state index contributed by atoms with van der Waals surface area (Å²) in [4.78, 5) is 11.0. The zero-order valence-electron chi connectivity index (χ0n) is 7.67. The van der Waals surface area contributed by atoms with Crippen molar-refractivity contribution in [3.05, 3.63) is 11.9 Å². The number of aromatic nitrogens is 3. The molecule has 1 heterocycles. The topological polar surface area (TPSA) is 105 Å². The molecule has 0 amide bonds. The zero-order chi connectivity index (χ0) is 10.1. The van der Waals surface area contributed by atoms with Gasteiger partial charge in [-0.1, -0.05) is 0 Å². The molecule has 9 heteroatoms. The fraction of sp³-hybridized carbons (Fsp3) is 0.400. The van der Waals surface area contributed by atoms with Crippen LogP contribution in [-0.2, 0) is 15.7 Å². The van der Waals surface area contributed by atoms with Gasteiger partial charge in [0.1, 0.15) is 5.69 Å². The maximum absolute atomic E-state index is 10.7. The summed E-state index contributed by atoms with van der Waals surface area (Å²) in [6, 6.07) is 0. The molecular formula is C5H6LiN3O4S. The molecule has 0 aliphatic heterocycles. The van der Waals surface area contributed by atoms with Gasteiger partial charge in [-0.2, -0.15) is 15.0 Å². The van der Waals surface area contributed by atoms with Gasteiger partial charge in [0.15, 0.2) is 15.7 Å². The largest absolute Gasteiger partial charge is 1.00 e. The predicted octanol–water partition coefficient (Wildman–Crippen LogP) is -5.35. The van der Waals surface area contributed by atoms with E-state index in [2.05, 4.69) is 10.2 Å². The molecule has 0 aromatic carbocycles. The third-order valence-corrected chi connectivity index (χ3v) is 1.80. The Kier molecular flexibility index (Phi) is 4.31. The second kappa shape index (κ2) is 4.59. The summed E-state index contributed by atoms with van der Waals surface area (Å²) >= 11 is 0. The molecule has 1 rings (SSSR count). The van der Waals surface area contributed by atoms with Crippen LogP contribution in [0.25, 0.3) is 0 Å². The van der Waals surface area contributed by atoms with E-state index in [-0.39, 0.29) is 24.6 Å². The SMILES string of the molecule is CS(=O)(=O)Cn1ncc(C(=O)[O-])n1.[Li+]. The number of carboxylic acid groups (broad SMARTS) is 1. The smallest absolute Gasteiger partial charge is 0.543 e. The first-order valence-corrected chi connectivity index (χ1v) is 5.24. The maximum Gasteiger partial charge on any atom is 1.00 e. The first-order valence-electron chi connectivity index (χ1n) is 3.18. The summed E-state index contributed by atoms with van der Waals surface area (Å²) in [5.74, 6) is -1.93. The van der Waals surface area contributed by atoms with Crippen LogP contribution in [-0.4, -0.2) is 35.6 Å². The Morgan fingerprint density at radius 3 is 2.57 bits per heavy atom. The van der Waals surface area contributed by atoms with E-state index in [1.165, 1.54) is 0 Å². The maximum atomic E-state index is 10.7. The van der Waals surface area contributed by atoms with Crippen LogP contribution in [0, 0.1) is 0 Å². The molecule has 0 spiro atoms. The molecular weight excluding hydrogens is 205 g/mol. The van der Waals surface area contributed by atoms with Gasteiger partial charge >= 0.3 is 18.9 Å². The molecule has 0 N–H and O–H groups in total. The number of rotatable bonds is 3. The van der Waals surface area contributed by atoms with E-state index >= 15 is 0 Å². The summed E-state index contributed by atoms with van der Waals surface area (Å²) in [5.41, 5.74) is -0.386. The van der Waals surface area contributed by atoms with Crippen molar-refractivity contribution in [1.82, 2.24) is 15.0 Å². The number of nitrogens with zero attached hydrogens (tertiary/aromatic N) is 3. The van der Waals surface area contributed by atoms with Crippen molar-refractivity contribution >= 4 is 15.8 Å². The molecule has 1 aromatic rings. The average molecular weight is 211 g/mol. The van der Waals surface area contributed by atoms with E-state index < -0.39 is 21.7 Å². The van der Waals surface area contributed by atoms with E-state index in [4.69, 9.17) is 0 Å². The molecule has 0 atom stereocenters. The number of carbonyl (C=O) groups is 1. The van der Waals surface area contributed by atoms with Crippen LogP contribution in [0.4, 0.5) is 0 Å². The minimum absolute atomic E-state index is 0. The summed E-state index contributed by atoms with van der Waals surface area (Å²) in [6.07, 6.45) is 1.93. The number of hydrogen-bond donors (Lipinski definition) is 0. The Morgan fingerprint density at radius 2 is 2.21 bits per heavy atom. The summed E-state index contributed by atoms with van der Waals surface area (Å²) in [6.45, 7) is 0. The first kappa shape index (κ1) is 13.2. The molecule has 0 saturated carbocycles. The average Bonchev–Trinajstić information content (AvgIpc) is 2.31. The van der Waals surface area contributed by atoms with E-state index in [0.717, 1.165) is 17.2 Å². The van der Waals surface area contributed by atoms with Crippen LogP contribution in [0.15, 0.2) is 6.20 Å². The van der Waals surface area contributed by atoms with Crippen molar-refractivity contribution in [3.63, 3.8) is 0 Å². The number of hydrogen-bond acceptors (Lipinski definition) is 6. The van der Waals surface area contributed by atoms with Crippen LogP contribution in [0.1, 0.15) is 10.5 Å². The quantitative estimate of drug-likeness (QED) is 0.462. The summed E-state index contributed by atoms with van der Waals surface area (Å²) in [7, 11) is -3.26. The molecule has 0 saturated heterocycles. The van der Waals surface area contributed by atoms with Crippen molar-refractivity contribution in [2.45, 2.75) is 5.88 Å². The standard InChI is InChI=1S/C5H7N3O4S.Li/c1-13(11,12)3-8-6-2-4(7-8)5(9)10;/h2H,3H2,1H3,(H,9,10);/q;+1/p-1. The number of carbonyl (C=O) groups excluding carboxylic acids is 1. The molecule has 0 unspecified atom stereocenters. The molecule has 0 radical (unpaired) electrons. The first-order chi connectivity index (χ1) is 5.88. The zero-order valence-corrected chi connectivity index (χ0v) is 8.48. The Labute approximate surface area is 92.2 Å². The Morgan fingerprint density at radius 1 is 1.64 bits per heavy atom. The minimum Gasteiger partial charge on any atom is -0.543 e. The fourth-order valence-corrected chi connectivity index (χ4v) is 1.21. The number of sulfone groups is 1. The molecule has 0 aliphatic carbocycles. The number of carboxylic acids is 1. The molecule has 0 fully saturated rings. The minimum atomic E-state index is -3.26. The number of aromatic carboxylic acids is 1. The van der Waals surface area contributed by atoms with Crippen molar-refractivity contribution in [2.24, 2.45) is 0 Å². The van der Waals surface area contributed by atoms with E-state index in [1.807, 2.05) is 0 Å². The van der Waals surface area contributed by atoms with Crippen molar-refractivity contribution < 1.29 is 37.2 Å². The molecule has 72 valence electrons. The monoisotopic (exact) mass is 211 g/mol. The van der Waals surface area contributed by atoms with E-state index in [0.29, 0.717) is 0 Å². The van der Waals surface area contributed by atoms with Crippen LogP contribution in [0.2, 0.25) is 0 Å². The van der Waals surface area contributed by atoms with Crippen LogP contribution >= 0.6 is 0 Å². The van der Waals surface area contributed by atoms with Gasteiger partial charge < -0.3 is 9.90 Å². The van der Waals surface area contributed by atoms with Gasteiger partial charge in [0.05, 0.1) is 12.2 Å². The van der Waals surface area contributed by atoms with Gasteiger partial charge in [-0.05, 0) is 0 Å². The van der Waals surface area contributed by atoms with Gasteiger partial charge in [-0.15, -0.1) is 0 Å². The van der Waals surface area contributed by atoms with Gasteiger partial charge in [-0.25, -0.2) is 8.42 Å². The summed E-state index contributed by atoms with van der Waals surface area (Å²) in [5, 5.41) is 17.0. The van der Waals surface area contributed by atoms with Gasteiger partial charge in [0.2, 0.25) is 0 Å². The second-order valence-corrected chi connectivity index (χ2v) is 4.55. The fourth-order valence-electron chi connectivity index (χ4n) is 0.663. The molecule has 1 aromatic heterocycles. The third kappa shape index (κ3) is 3.91.